The molecule has 162 valence electrons. The molecule has 0 saturated heterocycles. The summed E-state index contributed by atoms with van der Waals surface area (Å²) < 4.78 is 7.63. The van der Waals surface area contributed by atoms with Crippen LogP contribution in [0, 0.1) is 10.1 Å². The van der Waals surface area contributed by atoms with Crippen LogP contribution in [-0.2, 0) is 12.2 Å². The number of benzene rings is 3. The van der Waals surface area contributed by atoms with E-state index in [1.54, 1.807) is 23.9 Å². The molecule has 0 radical (unpaired) electrons. The molecule has 4 aromatic rings. The first-order chi connectivity index (χ1) is 15.6. The topological polar surface area (TPSA) is 83.1 Å². The van der Waals surface area contributed by atoms with Crippen molar-refractivity contribution in [3.63, 3.8) is 0 Å². The van der Waals surface area contributed by atoms with Gasteiger partial charge in [0.25, 0.3) is 5.69 Å². The summed E-state index contributed by atoms with van der Waals surface area (Å²) in [5.41, 5.74) is 3.17. The zero-order valence-electron chi connectivity index (χ0n) is 17.5. The molecule has 0 atom stereocenters. The lowest BCUT2D eigenvalue weighted by molar-refractivity contribution is -0.384. The highest BCUT2D eigenvalue weighted by atomic mass is 32.2. The van der Waals surface area contributed by atoms with Gasteiger partial charge >= 0.3 is 0 Å². The summed E-state index contributed by atoms with van der Waals surface area (Å²) in [5, 5.41) is 20.6. The van der Waals surface area contributed by atoms with Crippen molar-refractivity contribution in [2.45, 2.75) is 24.3 Å². The minimum atomic E-state index is -0.394. The lowest BCUT2D eigenvalue weighted by Crippen LogP contribution is -2.04. The Morgan fingerprint density at radius 2 is 1.66 bits per heavy atom. The lowest BCUT2D eigenvalue weighted by Gasteiger charge is -2.11. The van der Waals surface area contributed by atoms with E-state index in [0.717, 1.165) is 33.5 Å². The average Bonchev–Trinajstić information content (AvgIpc) is 3.21. The number of aromatic nitrogens is 3. The Morgan fingerprint density at radius 3 is 2.31 bits per heavy atom. The highest BCUT2D eigenvalue weighted by molar-refractivity contribution is 7.98. The van der Waals surface area contributed by atoms with E-state index in [1.807, 2.05) is 49.4 Å². The summed E-state index contributed by atoms with van der Waals surface area (Å²) in [7, 11) is 0. The van der Waals surface area contributed by atoms with Crippen molar-refractivity contribution < 1.29 is 9.66 Å². The van der Waals surface area contributed by atoms with Gasteiger partial charge in [0.15, 0.2) is 5.16 Å². The molecule has 8 heteroatoms. The third kappa shape index (κ3) is 5.15. The van der Waals surface area contributed by atoms with Gasteiger partial charge in [-0.15, -0.1) is 10.2 Å². The number of hydrogen-bond acceptors (Lipinski definition) is 6. The molecule has 3 aromatic carbocycles. The molecule has 0 spiro atoms. The van der Waals surface area contributed by atoms with Gasteiger partial charge in [0.05, 0.1) is 11.5 Å². The zero-order chi connectivity index (χ0) is 22.3. The number of nitro benzene ring substituents is 1. The molecule has 0 aliphatic carbocycles. The van der Waals surface area contributed by atoms with E-state index in [9.17, 15) is 10.1 Å². The maximum atomic E-state index is 10.9. The molecule has 0 aliphatic heterocycles. The fourth-order valence-electron chi connectivity index (χ4n) is 3.27. The summed E-state index contributed by atoms with van der Waals surface area (Å²) >= 11 is 1.54. The number of nitro groups is 1. The van der Waals surface area contributed by atoms with Gasteiger partial charge in [0.2, 0.25) is 0 Å². The van der Waals surface area contributed by atoms with Crippen LogP contribution in [0.2, 0.25) is 0 Å². The molecule has 4 rings (SSSR count). The van der Waals surface area contributed by atoms with Gasteiger partial charge in [0.1, 0.15) is 11.6 Å². The van der Waals surface area contributed by atoms with Crippen molar-refractivity contribution >= 4 is 17.4 Å². The van der Waals surface area contributed by atoms with E-state index >= 15 is 0 Å². The smallest absolute Gasteiger partial charge is 0.269 e. The Hall–Kier alpha value is -3.65. The lowest BCUT2D eigenvalue weighted by atomic mass is 10.1. The number of nitrogens with zero attached hydrogens (tertiary/aromatic N) is 4. The molecule has 32 heavy (non-hydrogen) atoms. The van der Waals surface area contributed by atoms with E-state index < -0.39 is 4.92 Å². The number of hydrogen-bond donors (Lipinski definition) is 0. The Balaban J connectivity index is 1.61. The normalized spacial score (nSPS) is 10.8. The summed E-state index contributed by atoms with van der Waals surface area (Å²) in [5.74, 6) is 2.28. The molecule has 7 nitrogen and oxygen atoms in total. The maximum absolute atomic E-state index is 10.9. The first kappa shape index (κ1) is 21.6. The molecule has 0 saturated carbocycles. The van der Waals surface area contributed by atoms with Crippen LogP contribution in [0.3, 0.4) is 0 Å². The van der Waals surface area contributed by atoms with Gasteiger partial charge < -0.3 is 4.74 Å². The van der Waals surface area contributed by atoms with Crippen LogP contribution < -0.4 is 4.74 Å². The monoisotopic (exact) mass is 446 g/mol. The van der Waals surface area contributed by atoms with Crippen LogP contribution in [0.5, 0.6) is 5.75 Å². The third-order valence-electron chi connectivity index (χ3n) is 4.83. The Morgan fingerprint density at radius 1 is 0.938 bits per heavy atom. The predicted octanol–water partition coefficient (Wildman–Crippen LogP) is 5.46. The van der Waals surface area contributed by atoms with Crippen LogP contribution in [0.4, 0.5) is 5.69 Å². The quantitative estimate of drug-likeness (QED) is 0.193. The first-order valence-electron chi connectivity index (χ1n) is 10.2. The van der Waals surface area contributed by atoms with Gasteiger partial charge in [-0.2, -0.15) is 0 Å². The molecule has 0 unspecified atom stereocenters. The molecule has 1 aromatic heterocycles. The largest absolute Gasteiger partial charge is 0.494 e. The fraction of sp³-hybridized carbons (Fsp3) is 0.167. The van der Waals surface area contributed by atoms with Crippen LogP contribution in [0.25, 0.3) is 5.69 Å². The van der Waals surface area contributed by atoms with Crippen molar-refractivity contribution in [2.75, 3.05) is 6.61 Å². The van der Waals surface area contributed by atoms with Gasteiger partial charge in [-0.1, -0.05) is 54.2 Å². The minimum absolute atomic E-state index is 0.0847. The molecule has 0 bridgehead atoms. The first-order valence-corrected chi connectivity index (χ1v) is 11.2. The van der Waals surface area contributed by atoms with E-state index in [-0.39, 0.29) is 5.69 Å². The van der Waals surface area contributed by atoms with E-state index in [2.05, 4.69) is 26.9 Å². The Kier molecular flexibility index (Phi) is 6.81. The summed E-state index contributed by atoms with van der Waals surface area (Å²) in [6.45, 7) is 2.57. The maximum Gasteiger partial charge on any atom is 0.269 e. The molecular weight excluding hydrogens is 424 g/mol. The SMILES string of the molecule is CCOc1ccc(-n2c(Cc3ccccc3)nnc2SCc2ccc([N+](=O)[O-])cc2)cc1. The number of thioether (sulfide) groups is 1. The van der Waals surface area contributed by atoms with E-state index in [4.69, 9.17) is 4.74 Å². The highest BCUT2D eigenvalue weighted by Gasteiger charge is 2.16. The van der Waals surface area contributed by atoms with Crippen LogP contribution in [0.1, 0.15) is 23.9 Å². The Labute approximate surface area is 190 Å². The highest BCUT2D eigenvalue weighted by Crippen LogP contribution is 2.28. The number of ether oxygens (including phenoxy) is 1. The van der Waals surface area contributed by atoms with Gasteiger partial charge in [-0.3, -0.25) is 14.7 Å². The van der Waals surface area contributed by atoms with Crippen molar-refractivity contribution in [1.82, 2.24) is 14.8 Å². The molecule has 0 fully saturated rings. The Bertz CT molecular complexity index is 1180. The zero-order valence-corrected chi connectivity index (χ0v) is 18.4. The van der Waals surface area contributed by atoms with Gasteiger partial charge in [0, 0.05) is 30.0 Å². The summed E-state index contributed by atoms with van der Waals surface area (Å²) in [4.78, 5) is 10.5. The van der Waals surface area contributed by atoms with Crippen LogP contribution in [-0.4, -0.2) is 26.3 Å². The summed E-state index contributed by atoms with van der Waals surface area (Å²) in [6, 6.07) is 24.6. The minimum Gasteiger partial charge on any atom is -0.494 e. The standard InChI is InChI=1S/C24H22N4O3S/c1-2-31-22-14-12-20(13-15-22)27-23(16-18-6-4-3-5-7-18)25-26-24(27)32-17-19-8-10-21(11-9-19)28(29)30/h3-15H,2,16-17H2,1H3. The summed E-state index contributed by atoms with van der Waals surface area (Å²) in [6.07, 6.45) is 0.652. The van der Waals surface area contributed by atoms with Gasteiger partial charge in [-0.05, 0) is 42.3 Å². The van der Waals surface area contributed by atoms with Crippen molar-refractivity contribution in [3.05, 3.63) is 106 Å². The number of rotatable bonds is 9. The predicted molar refractivity (Wildman–Crippen MR) is 124 cm³/mol. The number of non-ortho nitro benzene ring substituents is 1. The molecule has 1 heterocycles. The third-order valence-corrected chi connectivity index (χ3v) is 5.83. The van der Waals surface area contributed by atoms with Crippen molar-refractivity contribution in [1.29, 1.82) is 0 Å². The second kappa shape index (κ2) is 10.1. The average molecular weight is 447 g/mol. The molecule has 0 aliphatic rings. The molecule has 0 amide bonds. The van der Waals surface area contributed by atoms with Crippen LogP contribution in [0.15, 0.2) is 84.0 Å². The van der Waals surface area contributed by atoms with E-state index in [0.29, 0.717) is 18.8 Å². The molecular formula is C24H22N4O3S. The van der Waals surface area contributed by atoms with E-state index in [1.165, 1.54) is 12.1 Å². The van der Waals surface area contributed by atoms with Crippen molar-refractivity contribution in [2.24, 2.45) is 0 Å². The second-order valence-electron chi connectivity index (χ2n) is 7.04. The molecule has 0 N–H and O–H groups in total. The second-order valence-corrected chi connectivity index (χ2v) is 7.98. The van der Waals surface area contributed by atoms with Crippen LogP contribution >= 0.6 is 11.8 Å². The fourth-order valence-corrected chi connectivity index (χ4v) is 4.19. The van der Waals surface area contributed by atoms with Gasteiger partial charge in [-0.25, -0.2) is 0 Å². The van der Waals surface area contributed by atoms with Crippen molar-refractivity contribution in [3.8, 4) is 11.4 Å².